The average molecular weight is 264 g/mol. The Morgan fingerprint density at radius 1 is 1.26 bits per heavy atom. The summed E-state index contributed by atoms with van der Waals surface area (Å²) in [5.41, 5.74) is 1.10. The maximum Gasteiger partial charge on any atom is 0.0610 e. The summed E-state index contributed by atoms with van der Waals surface area (Å²) in [6.45, 7) is 6.42. The Hall–Kier alpha value is -1.06. The minimum atomic E-state index is -0.145. The number of nitrogens with zero attached hydrogens (tertiary/aromatic N) is 1. The molecule has 1 rings (SSSR count). The van der Waals surface area contributed by atoms with Gasteiger partial charge in [0, 0.05) is 24.8 Å². The molecule has 1 atom stereocenters. The van der Waals surface area contributed by atoms with E-state index in [0.29, 0.717) is 0 Å². The molecule has 0 heterocycles. The molecule has 1 unspecified atom stereocenters. The summed E-state index contributed by atoms with van der Waals surface area (Å²) in [6, 6.07) is 10.4. The van der Waals surface area contributed by atoms with E-state index >= 15 is 0 Å². The second-order valence-corrected chi connectivity index (χ2v) is 5.51. The predicted octanol–water partition coefficient (Wildman–Crippen LogP) is 2.65. The first-order valence-electron chi connectivity index (χ1n) is 7.23. The third kappa shape index (κ3) is 5.62. The van der Waals surface area contributed by atoms with Crippen LogP contribution in [0.4, 0.5) is 5.69 Å². The van der Waals surface area contributed by atoms with E-state index in [2.05, 4.69) is 55.4 Å². The van der Waals surface area contributed by atoms with Crippen molar-refractivity contribution in [2.24, 2.45) is 0 Å². The molecule has 3 nitrogen and oxygen atoms in total. The second-order valence-electron chi connectivity index (χ2n) is 5.51. The smallest absolute Gasteiger partial charge is 0.0610 e. The molecule has 0 aliphatic carbocycles. The molecular formula is C16H28N2O. The molecule has 19 heavy (non-hydrogen) atoms. The van der Waals surface area contributed by atoms with Crippen LogP contribution in [0.15, 0.2) is 30.3 Å². The fraction of sp³-hybridized carbons (Fsp3) is 0.625. The fourth-order valence-corrected chi connectivity index (χ4v) is 2.17. The van der Waals surface area contributed by atoms with Crippen LogP contribution < -0.4 is 10.2 Å². The van der Waals surface area contributed by atoms with Gasteiger partial charge in [0.15, 0.2) is 0 Å². The highest BCUT2D eigenvalue weighted by atomic mass is 16.3. The van der Waals surface area contributed by atoms with Crippen LogP contribution in [0, 0.1) is 0 Å². The van der Waals surface area contributed by atoms with Crippen molar-refractivity contribution < 1.29 is 5.11 Å². The Bertz CT molecular complexity index is 342. The lowest BCUT2D eigenvalue weighted by molar-refractivity contribution is 0.164. The van der Waals surface area contributed by atoms with E-state index in [9.17, 15) is 5.11 Å². The van der Waals surface area contributed by atoms with E-state index in [1.807, 2.05) is 6.07 Å². The Labute approximate surface area is 117 Å². The van der Waals surface area contributed by atoms with E-state index in [1.165, 1.54) is 5.69 Å². The van der Waals surface area contributed by atoms with Crippen LogP contribution in [-0.2, 0) is 0 Å². The molecule has 0 bridgehead atoms. The zero-order chi connectivity index (χ0) is 14.1. The van der Waals surface area contributed by atoms with Crippen molar-refractivity contribution in [3.63, 3.8) is 0 Å². The first kappa shape index (κ1) is 16.0. The van der Waals surface area contributed by atoms with Crippen LogP contribution in [0.5, 0.6) is 0 Å². The van der Waals surface area contributed by atoms with E-state index in [1.54, 1.807) is 0 Å². The molecule has 0 aromatic heterocycles. The summed E-state index contributed by atoms with van der Waals surface area (Å²) in [4.78, 5) is 2.26. The summed E-state index contributed by atoms with van der Waals surface area (Å²) in [5, 5.41) is 13.0. The standard InChI is InChI=1S/C16H28N2O/c1-4-12-17-16(2,14-19)11-8-13-18(3)15-9-6-5-7-10-15/h5-7,9-10,17,19H,4,8,11-14H2,1-3H3. The molecule has 0 fully saturated rings. The maximum atomic E-state index is 9.52. The largest absolute Gasteiger partial charge is 0.394 e. The second kappa shape index (κ2) is 8.18. The monoisotopic (exact) mass is 264 g/mol. The lowest BCUT2D eigenvalue weighted by atomic mass is 9.96. The van der Waals surface area contributed by atoms with Gasteiger partial charge in [-0.05, 0) is 44.9 Å². The lowest BCUT2D eigenvalue weighted by Crippen LogP contribution is -2.46. The number of hydrogen-bond acceptors (Lipinski definition) is 3. The highest BCUT2D eigenvalue weighted by Gasteiger charge is 2.21. The van der Waals surface area contributed by atoms with Gasteiger partial charge in [0.2, 0.25) is 0 Å². The van der Waals surface area contributed by atoms with Gasteiger partial charge in [0.05, 0.1) is 6.61 Å². The van der Waals surface area contributed by atoms with Gasteiger partial charge in [-0.25, -0.2) is 0 Å². The summed E-state index contributed by atoms with van der Waals surface area (Å²) >= 11 is 0. The molecular weight excluding hydrogens is 236 g/mol. The summed E-state index contributed by atoms with van der Waals surface area (Å²) in [7, 11) is 2.12. The van der Waals surface area contributed by atoms with E-state index < -0.39 is 0 Å². The number of rotatable bonds is 9. The number of aliphatic hydroxyl groups excluding tert-OH is 1. The normalized spacial score (nSPS) is 14.1. The minimum absolute atomic E-state index is 0.145. The van der Waals surface area contributed by atoms with Crippen molar-refractivity contribution in [2.75, 3.05) is 31.6 Å². The van der Waals surface area contributed by atoms with Crippen LogP contribution in [0.1, 0.15) is 33.1 Å². The molecule has 0 aliphatic rings. The van der Waals surface area contributed by atoms with Gasteiger partial charge >= 0.3 is 0 Å². The molecule has 0 radical (unpaired) electrons. The minimum Gasteiger partial charge on any atom is -0.394 e. The van der Waals surface area contributed by atoms with Gasteiger partial charge in [0.1, 0.15) is 0 Å². The topological polar surface area (TPSA) is 35.5 Å². The third-order valence-electron chi connectivity index (χ3n) is 3.57. The number of anilines is 1. The molecule has 0 aliphatic heterocycles. The van der Waals surface area contributed by atoms with Crippen molar-refractivity contribution in [1.82, 2.24) is 5.32 Å². The molecule has 108 valence electrons. The van der Waals surface area contributed by atoms with Crippen LogP contribution in [0.3, 0.4) is 0 Å². The van der Waals surface area contributed by atoms with Crippen LogP contribution in [-0.4, -0.2) is 37.4 Å². The Balaban J connectivity index is 2.36. The molecule has 1 aromatic rings. The number of nitrogens with one attached hydrogen (secondary N) is 1. The predicted molar refractivity (Wildman–Crippen MR) is 82.7 cm³/mol. The van der Waals surface area contributed by atoms with Crippen molar-refractivity contribution in [3.05, 3.63) is 30.3 Å². The Morgan fingerprint density at radius 2 is 1.95 bits per heavy atom. The highest BCUT2D eigenvalue weighted by molar-refractivity contribution is 5.44. The molecule has 0 spiro atoms. The molecule has 3 heteroatoms. The van der Waals surface area contributed by atoms with Crippen LogP contribution >= 0.6 is 0 Å². The van der Waals surface area contributed by atoms with Gasteiger partial charge in [-0.3, -0.25) is 0 Å². The molecule has 2 N–H and O–H groups in total. The summed E-state index contributed by atoms with van der Waals surface area (Å²) < 4.78 is 0. The van der Waals surface area contributed by atoms with Crippen LogP contribution in [0.2, 0.25) is 0 Å². The number of aliphatic hydroxyl groups is 1. The van der Waals surface area contributed by atoms with E-state index in [0.717, 1.165) is 32.4 Å². The quantitative estimate of drug-likeness (QED) is 0.720. The Morgan fingerprint density at radius 3 is 2.53 bits per heavy atom. The van der Waals surface area contributed by atoms with Gasteiger partial charge < -0.3 is 15.3 Å². The zero-order valence-corrected chi connectivity index (χ0v) is 12.5. The number of para-hydroxylation sites is 1. The van der Waals surface area contributed by atoms with Crippen molar-refractivity contribution >= 4 is 5.69 Å². The molecule has 0 saturated heterocycles. The SMILES string of the molecule is CCCNC(C)(CO)CCCN(C)c1ccccc1. The van der Waals surface area contributed by atoms with Crippen LogP contribution in [0.25, 0.3) is 0 Å². The highest BCUT2D eigenvalue weighted by Crippen LogP contribution is 2.15. The first-order chi connectivity index (χ1) is 9.11. The van der Waals surface area contributed by atoms with Gasteiger partial charge in [-0.15, -0.1) is 0 Å². The number of benzene rings is 1. The van der Waals surface area contributed by atoms with E-state index in [-0.39, 0.29) is 12.1 Å². The fourth-order valence-electron chi connectivity index (χ4n) is 2.17. The number of hydrogen-bond donors (Lipinski definition) is 2. The molecule has 0 saturated carbocycles. The maximum absolute atomic E-state index is 9.52. The first-order valence-corrected chi connectivity index (χ1v) is 7.23. The average Bonchev–Trinajstić information content (AvgIpc) is 2.46. The van der Waals surface area contributed by atoms with Crippen molar-refractivity contribution in [3.8, 4) is 0 Å². The lowest BCUT2D eigenvalue weighted by Gasteiger charge is -2.30. The van der Waals surface area contributed by atoms with E-state index in [4.69, 9.17) is 0 Å². The van der Waals surface area contributed by atoms with Gasteiger partial charge in [-0.1, -0.05) is 25.1 Å². The zero-order valence-electron chi connectivity index (χ0n) is 12.5. The van der Waals surface area contributed by atoms with Gasteiger partial charge in [-0.2, -0.15) is 0 Å². The van der Waals surface area contributed by atoms with Gasteiger partial charge in [0.25, 0.3) is 0 Å². The summed E-state index contributed by atoms with van der Waals surface area (Å²) in [6.07, 6.45) is 3.15. The summed E-state index contributed by atoms with van der Waals surface area (Å²) in [5.74, 6) is 0. The molecule has 0 amide bonds. The van der Waals surface area contributed by atoms with Crippen molar-refractivity contribution in [1.29, 1.82) is 0 Å². The third-order valence-corrected chi connectivity index (χ3v) is 3.57. The molecule has 1 aromatic carbocycles. The van der Waals surface area contributed by atoms with Crippen molar-refractivity contribution in [2.45, 2.75) is 38.6 Å². The Kier molecular flexibility index (Phi) is 6.89.